The molecular formula is C15H26N2O2. The summed E-state index contributed by atoms with van der Waals surface area (Å²) in [5.41, 5.74) is 0.760. The smallest absolute Gasteiger partial charge is 0.313 e. The van der Waals surface area contributed by atoms with Crippen LogP contribution in [0.5, 0.6) is 0 Å². The van der Waals surface area contributed by atoms with Gasteiger partial charge in [-0.15, -0.1) is 0 Å². The predicted octanol–water partition coefficient (Wildman–Crippen LogP) is 2.75. The highest BCUT2D eigenvalue weighted by molar-refractivity contribution is 5.75. The first kappa shape index (κ1) is 15.8. The second kappa shape index (κ2) is 6.75. The summed E-state index contributed by atoms with van der Waals surface area (Å²) >= 11 is 0. The van der Waals surface area contributed by atoms with Gasteiger partial charge in [-0.05, 0) is 38.9 Å². The molecule has 4 heteroatoms. The third kappa shape index (κ3) is 4.10. The fraction of sp³-hybridized carbons (Fsp3) is 0.667. The number of rotatable bonds is 7. The maximum absolute atomic E-state index is 11.7. The Morgan fingerprint density at radius 2 is 2.21 bits per heavy atom. The van der Waals surface area contributed by atoms with E-state index in [0.29, 0.717) is 12.6 Å². The molecule has 0 spiro atoms. The third-order valence-electron chi connectivity index (χ3n) is 3.42. The van der Waals surface area contributed by atoms with Gasteiger partial charge in [0, 0.05) is 25.0 Å². The number of carbonyl (C=O) groups is 1. The fourth-order valence-electron chi connectivity index (χ4n) is 2.33. The molecule has 4 nitrogen and oxygen atoms in total. The van der Waals surface area contributed by atoms with E-state index >= 15 is 0 Å². The molecule has 0 radical (unpaired) electrons. The summed E-state index contributed by atoms with van der Waals surface area (Å²) < 4.78 is 6.90. The van der Waals surface area contributed by atoms with Gasteiger partial charge in [-0.25, -0.2) is 0 Å². The van der Waals surface area contributed by atoms with E-state index in [4.69, 9.17) is 4.74 Å². The average molecular weight is 266 g/mol. The van der Waals surface area contributed by atoms with E-state index in [-0.39, 0.29) is 5.97 Å². The Kier molecular flexibility index (Phi) is 5.60. The van der Waals surface area contributed by atoms with Crippen LogP contribution >= 0.6 is 0 Å². The number of nitrogens with one attached hydrogen (secondary N) is 1. The van der Waals surface area contributed by atoms with Gasteiger partial charge in [0.1, 0.15) is 0 Å². The van der Waals surface area contributed by atoms with Gasteiger partial charge < -0.3 is 14.6 Å². The van der Waals surface area contributed by atoms with E-state index in [1.807, 2.05) is 27.1 Å². The molecule has 1 unspecified atom stereocenters. The maximum atomic E-state index is 11.7. The van der Waals surface area contributed by atoms with Crippen LogP contribution in [0, 0.1) is 5.41 Å². The molecule has 0 aromatic carbocycles. The number of esters is 1. The first-order valence-electron chi connectivity index (χ1n) is 6.86. The van der Waals surface area contributed by atoms with Gasteiger partial charge in [0.15, 0.2) is 0 Å². The Labute approximate surface area is 116 Å². The van der Waals surface area contributed by atoms with E-state index in [0.717, 1.165) is 12.8 Å². The molecule has 0 aliphatic carbocycles. The van der Waals surface area contributed by atoms with Crippen LogP contribution in [-0.2, 0) is 16.1 Å². The normalized spacial score (nSPS) is 13.3. The molecular weight excluding hydrogens is 240 g/mol. The molecule has 108 valence electrons. The zero-order valence-electron chi connectivity index (χ0n) is 12.7. The van der Waals surface area contributed by atoms with Crippen molar-refractivity contribution in [3.8, 4) is 0 Å². The lowest BCUT2D eigenvalue weighted by atomic mass is 9.94. The van der Waals surface area contributed by atoms with Gasteiger partial charge in [0.05, 0.1) is 12.5 Å². The Morgan fingerprint density at radius 3 is 2.74 bits per heavy atom. The minimum absolute atomic E-state index is 0.179. The van der Waals surface area contributed by atoms with Crippen molar-refractivity contribution in [2.75, 3.05) is 14.2 Å². The van der Waals surface area contributed by atoms with Gasteiger partial charge in [0.25, 0.3) is 0 Å². The predicted molar refractivity (Wildman–Crippen MR) is 76.9 cm³/mol. The van der Waals surface area contributed by atoms with Crippen molar-refractivity contribution >= 4 is 5.97 Å². The summed E-state index contributed by atoms with van der Waals surface area (Å²) in [4.78, 5) is 11.7. The van der Waals surface area contributed by atoms with Crippen LogP contribution in [0.2, 0.25) is 0 Å². The van der Waals surface area contributed by atoms with Crippen molar-refractivity contribution in [1.29, 1.82) is 0 Å². The van der Waals surface area contributed by atoms with Crippen LogP contribution in [-0.4, -0.2) is 24.7 Å². The third-order valence-corrected chi connectivity index (χ3v) is 3.42. The van der Waals surface area contributed by atoms with Crippen molar-refractivity contribution in [3.05, 3.63) is 24.0 Å². The molecule has 0 amide bonds. The average Bonchev–Trinajstić information content (AvgIpc) is 2.82. The topological polar surface area (TPSA) is 43.3 Å². The Bertz CT molecular complexity index is 410. The molecule has 1 rings (SSSR count). The van der Waals surface area contributed by atoms with Gasteiger partial charge in [-0.3, -0.25) is 4.79 Å². The van der Waals surface area contributed by atoms with Crippen molar-refractivity contribution in [3.63, 3.8) is 0 Å². The molecule has 0 bridgehead atoms. The van der Waals surface area contributed by atoms with E-state index in [1.165, 1.54) is 12.7 Å². The molecule has 0 saturated carbocycles. The Balaban J connectivity index is 2.77. The highest BCUT2D eigenvalue weighted by atomic mass is 16.5. The van der Waals surface area contributed by atoms with Crippen LogP contribution in [0.25, 0.3) is 0 Å². The summed E-state index contributed by atoms with van der Waals surface area (Å²) in [5, 5.41) is 3.32. The molecule has 0 aliphatic rings. The number of hydrogen-bond donors (Lipinski definition) is 1. The van der Waals surface area contributed by atoms with Crippen LogP contribution in [0.4, 0.5) is 0 Å². The monoisotopic (exact) mass is 266 g/mol. The van der Waals surface area contributed by atoms with Crippen LogP contribution in [0.1, 0.15) is 45.2 Å². The summed E-state index contributed by atoms with van der Waals surface area (Å²) in [6.07, 6.45) is 6.40. The van der Waals surface area contributed by atoms with Gasteiger partial charge >= 0.3 is 5.97 Å². The lowest BCUT2D eigenvalue weighted by molar-refractivity contribution is -0.151. The number of aromatic nitrogens is 1. The fourth-order valence-corrected chi connectivity index (χ4v) is 2.33. The highest BCUT2D eigenvalue weighted by Crippen LogP contribution is 2.23. The van der Waals surface area contributed by atoms with Crippen molar-refractivity contribution in [1.82, 2.24) is 9.88 Å². The zero-order valence-corrected chi connectivity index (χ0v) is 12.7. The van der Waals surface area contributed by atoms with Crippen molar-refractivity contribution in [2.45, 2.75) is 46.2 Å². The second-order valence-electron chi connectivity index (χ2n) is 5.62. The molecule has 1 atom stereocenters. The summed E-state index contributed by atoms with van der Waals surface area (Å²) in [6.45, 7) is 6.62. The molecule has 0 fully saturated rings. The van der Waals surface area contributed by atoms with E-state index in [1.54, 1.807) is 0 Å². The number of ether oxygens (including phenoxy) is 1. The lowest BCUT2D eigenvalue weighted by Gasteiger charge is -2.22. The molecule has 0 aliphatic heterocycles. The molecule has 1 N–H and O–H groups in total. The molecule has 1 heterocycles. The standard InChI is InChI=1S/C15H26N2O2/c1-6-7-13(16-4)12-8-9-17(10-12)11-15(2,3)14(18)19-5/h8-10,13,16H,6-7,11H2,1-5H3. The molecule has 19 heavy (non-hydrogen) atoms. The van der Waals surface area contributed by atoms with E-state index in [2.05, 4.69) is 29.1 Å². The van der Waals surface area contributed by atoms with Gasteiger partial charge in [0.2, 0.25) is 0 Å². The largest absolute Gasteiger partial charge is 0.469 e. The van der Waals surface area contributed by atoms with E-state index < -0.39 is 5.41 Å². The van der Waals surface area contributed by atoms with Crippen molar-refractivity contribution in [2.24, 2.45) is 5.41 Å². The van der Waals surface area contributed by atoms with E-state index in [9.17, 15) is 4.79 Å². The highest BCUT2D eigenvalue weighted by Gasteiger charge is 2.29. The zero-order chi connectivity index (χ0) is 14.5. The maximum Gasteiger partial charge on any atom is 0.313 e. The lowest BCUT2D eigenvalue weighted by Crippen LogP contribution is -2.30. The first-order chi connectivity index (χ1) is 8.94. The van der Waals surface area contributed by atoms with Crippen molar-refractivity contribution < 1.29 is 9.53 Å². The Morgan fingerprint density at radius 1 is 1.53 bits per heavy atom. The second-order valence-corrected chi connectivity index (χ2v) is 5.62. The van der Waals surface area contributed by atoms with Gasteiger partial charge in [-0.2, -0.15) is 0 Å². The summed E-state index contributed by atoms with van der Waals surface area (Å²) in [7, 11) is 3.42. The number of methoxy groups -OCH3 is 1. The quantitative estimate of drug-likeness (QED) is 0.772. The molecule has 0 saturated heterocycles. The van der Waals surface area contributed by atoms with Crippen LogP contribution < -0.4 is 5.32 Å². The summed E-state index contributed by atoms with van der Waals surface area (Å²) in [5.74, 6) is -0.179. The van der Waals surface area contributed by atoms with Crippen LogP contribution in [0.3, 0.4) is 0 Å². The molecule has 1 aromatic rings. The summed E-state index contributed by atoms with van der Waals surface area (Å²) in [6, 6.07) is 2.50. The number of hydrogen-bond acceptors (Lipinski definition) is 3. The van der Waals surface area contributed by atoms with Gasteiger partial charge in [-0.1, -0.05) is 13.3 Å². The minimum Gasteiger partial charge on any atom is -0.469 e. The van der Waals surface area contributed by atoms with Crippen LogP contribution in [0.15, 0.2) is 18.5 Å². The number of carbonyl (C=O) groups excluding carboxylic acids is 1. The Hall–Kier alpha value is -1.29. The SMILES string of the molecule is CCCC(NC)c1ccn(CC(C)(C)C(=O)OC)c1. The first-order valence-corrected chi connectivity index (χ1v) is 6.86. The number of nitrogens with zero attached hydrogens (tertiary/aromatic N) is 1. The molecule has 1 aromatic heterocycles. The minimum atomic E-state index is -0.509.